The van der Waals surface area contributed by atoms with Gasteiger partial charge in [0.15, 0.2) is 22.5 Å². The van der Waals surface area contributed by atoms with Crippen molar-refractivity contribution in [3.63, 3.8) is 0 Å². The maximum Gasteiger partial charge on any atom is 0.250 e. The molecule has 0 spiro atoms. The molecular formula is C27H33N5O4S. The zero-order chi connectivity index (χ0) is 26.2. The van der Waals surface area contributed by atoms with Crippen LogP contribution in [0.5, 0.6) is 17.2 Å². The van der Waals surface area contributed by atoms with Crippen LogP contribution in [0, 0.1) is 6.92 Å². The van der Waals surface area contributed by atoms with E-state index in [0.717, 1.165) is 29.4 Å². The molecule has 1 amide bonds. The van der Waals surface area contributed by atoms with E-state index in [1.165, 1.54) is 42.8 Å². The van der Waals surface area contributed by atoms with E-state index >= 15 is 0 Å². The largest absolute Gasteiger partial charge is 0.496 e. The lowest BCUT2D eigenvalue weighted by molar-refractivity contribution is -0.118. The van der Waals surface area contributed by atoms with Gasteiger partial charge in [-0.3, -0.25) is 9.36 Å². The summed E-state index contributed by atoms with van der Waals surface area (Å²) in [6.07, 6.45) is 7.34. The SMILES string of the molecule is COc1cc(OC)c(OC)cc1/C=N/NC(=O)CSc1nnc(-c2ccc(C)cc2)n1C1CCCCC1. The van der Waals surface area contributed by atoms with Gasteiger partial charge < -0.3 is 14.2 Å². The summed E-state index contributed by atoms with van der Waals surface area (Å²) in [5, 5.41) is 13.8. The van der Waals surface area contributed by atoms with E-state index in [1.807, 2.05) is 0 Å². The Hall–Kier alpha value is -3.53. The molecule has 2 aromatic carbocycles. The third kappa shape index (κ3) is 6.43. The molecule has 0 bridgehead atoms. The standard InChI is InChI=1S/C27H33N5O4S/c1-18-10-12-19(13-11-18)26-30-31-27(32(26)21-8-6-5-7-9-21)37-17-25(33)29-28-16-20-14-23(35-3)24(36-4)15-22(20)34-2/h10-16,21H,5-9,17H2,1-4H3,(H,29,33)/b28-16+. The molecule has 1 saturated carbocycles. The first-order chi connectivity index (χ1) is 18.0. The van der Waals surface area contributed by atoms with Gasteiger partial charge in [-0.2, -0.15) is 5.10 Å². The van der Waals surface area contributed by atoms with Crippen molar-refractivity contribution in [3.05, 3.63) is 47.5 Å². The number of nitrogens with one attached hydrogen (secondary N) is 1. The molecule has 1 heterocycles. The average molecular weight is 524 g/mol. The molecule has 4 rings (SSSR count). The van der Waals surface area contributed by atoms with Gasteiger partial charge in [0, 0.05) is 23.2 Å². The van der Waals surface area contributed by atoms with Crippen molar-refractivity contribution >= 4 is 23.9 Å². The van der Waals surface area contributed by atoms with E-state index in [2.05, 4.69) is 56.5 Å². The summed E-state index contributed by atoms with van der Waals surface area (Å²) in [6, 6.07) is 12.1. The summed E-state index contributed by atoms with van der Waals surface area (Å²) in [5.41, 5.74) is 5.47. The van der Waals surface area contributed by atoms with Crippen molar-refractivity contribution in [2.24, 2.45) is 5.10 Å². The number of nitrogens with zero attached hydrogens (tertiary/aromatic N) is 4. The lowest BCUT2D eigenvalue weighted by Crippen LogP contribution is -2.20. The third-order valence-electron chi connectivity index (χ3n) is 6.38. The van der Waals surface area contributed by atoms with E-state index in [4.69, 9.17) is 14.2 Å². The van der Waals surface area contributed by atoms with E-state index in [-0.39, 0.29) is 11.7 Å². The number of ether oxygens (including phenoxy) is 3. The van der Waals surface area contributed by atoms with Crippen LogP contribution in [0.25, 0.3) is 11.4 Å². The number of amides is 1. The highest BCUT2D eigenvalue weighted by atomic mass is 32.2. The summed E-state index contributed by atoms with van der Waals surface area (Å²) in [7, 11) is 4.67. The van der Waals surface area contributed by atoms with Gasteiger partial charge in [-0.05, 0) is 25.8 Å². The molecule has 9 nitrogen and oxygen atoms in total. The Morgan fingerprint density at radius 3 is 2.38 bits per heavy atom. The van der Waals surface area contributed by atoms with Gasteiger partial charge in [0.25, 0.3) is 5.91 Å². The van der Waals surface area contributed by atoms with E-state index < -0.39 is 0 Å². The van der Waals surface area contributed by atoms with Crippen LogP contribution in [0.3, 0.4) is 0 Å². The van der Waals surface area contributed by atoms with Gasteiger partial charge in [0.05, 0.1) is 33.3 Å². The number of aromatic nitrogens is 3. The highest BCUT2D eigenvalue weighted by Crippen LogP contribution is 2.36. The molecule has 1 fully saturated rings. The Kier molecular flexibility index (Phi) is 9.05. The fourth-order valence-electron chi connectivity index (χ4n) is 4.43. The lowest BCUT2D eigenvalue weighted by Gasteiger charge is -2.25. The van der Waals surface area contributed by atoms with Crippen LogP contribution in [-0.4, -0.2) is 54.0 Å². The maximum absolute atomic E-state index is 12.6. The van der Waals surface area contributed by atoms with Crippen molar-refractivity contribution in [1.82, 2.24) is 20.2 Å². The van der Waals surface area contributed by atoms with Crippen molar-refractivity contribution in [1.29, 1.82) is 0 Å². The lowest BCUT2D eigenvalue weighted by atomic mass is 9.95. The Labute approximate surface area is 221 Å². The highest BCUT2D eigenvalue weighted by molar-refractivity contribution is 7.99. The van der Waals surface area contributed by atoms with Gasteiger partial charge >= 0.3 is 0 Å². The zero-order valence-electron chi connectivity index (χ0n) is 21.7. The highest BCUT2D eigenvalue weighted by Gasteiger charge is 2.24. The smallest absolute Gasteiger partial charge is 0.250 e. The van der Waals surface area contributed by atoms with Crippen LogP contribution in [0.1, 0.15) is 49.3 Å². The number of hydrogen-bond acceptors (Lipinski definition) is 8. The summed E-state index contributed by atoms with van der Waals surface area (Å²) in [4.78, 5) is 12.6. The Bertz CT molecular complexity index is 1240. The summed E-state index contributed by atoms with van der Waals surface area (Å²) in [5.74, 6) is 2.42. The van der Waals surface area contributed by atoms with Gasteiger partial charge in [-0.25, -0.2) is 5.43 Å². The second-order valence-electron chi connectivity index (χ2n) is 8.87. The van der Waals surface area contributed by atoms with Crippen molar-refractivity contribution in [2.45, 2.75) is 50.2 Å². The number of methoxy groups -OCH3 is 3. The molecule has 0 radical (unpaired) electrons. The minimum Gasteiger partial charge on any atom is -0.496 e. The predicted octanol–water partition coefficient (Wildman–Crippen LogP) is 5.03. The number of thioether (sulfide) groups is 1. The topological polar surface area (TPSA) is 99.9 Å². The second kappa shape index (κ2) is 12.6. The Balaban J connectivity index is 1.45. The van der Waals surface area contributed by atoms with Crippen molar-refractivity contribution < 1.29 is 19.0 Å². The van der Waals surface area contributed by atoms with Crippen molar-refractivity contribution in [3.8, 4) is 28.6 Å². The number of carbonyl (C=O) groups excluding carboxylic acids is 1. The Morgan fingerprint density at radius 1 is 1.03 bits per heavy atom. The van der Waals surface area contributed by atoms with Gasteiger partial charge in [-0.1, -0.05) is 60.9 Å². The number of hydrazone groups is 1. The van der Waals surface area contributed by atoms with Crippen LogP contribution in [0.15, 0.2) is 46.7 Å². The monoisotopic (exact) mass is 523 g/mol. The maximum atomic E-state index is 12.6. The number of hydrogen-bond donors (Lipinski definition) is 1. The molecule has 1 aliphatic carbocycles. The Morgan fingerprint density at radius 2 is 1.70 bits per heavy atom. The molecule has 196 valence electrons. The minimum atomic E-state index is -0.240. The number of rotatable bonds is 10. The molecule has 0 atom stereocenters. The molecule has 1 aliphatic rings. The third-order valence-corrected chi connectivity index (χ3v) is 7.32. The first-order valence-corrected chi connectivity index (χ1v) is 13.3. The molecule has 37 heavy (non-hydrogen) atoms. The fourth-order valence-corrected chi connectivity index (χ4v) is 5.23. The van der Waals surface area contributed by atoms with Crippen LogP contribution < -0.4 is 19.6 Å². The van der Waals surface area contributed by atoms with Gasteiger partial charge in [-0.15, -0.1) is 10.2 Å². The average Bonchev–Trinajstić information content (AvgIpc) is 3.36. The minimum absolute atomic E-state index is 0.166. The molecule has 1 N–H and O–H groups in total. The normalized spacial score (nSPS) is 14.1. The molecule has 0 saturated heterocycles. The molecular weight excluding hydrogens is 490 g/mol. The number of benzene rings is 2. The van der Waals surface area contributed by atoms with Crippen LogP contribution in [0.2, 0.25) is 0 Å². The quantitative estimate of drug-likeness (QED) is 0.226. The number of carbonyl (C=O) groups is 1. The van der Waals surface area contributed by atoms with Crippen molar-refractivity contribution in [2.75, 3.05) is 27.1 Å². The van der Waals surface area contributed by atoms with Crippen LogP contribution >= 0.6 is 11.8 Å². The summed E-state index contributed by atoms with van der Waals surface area (Å²) < 4.78 is 18.3. The van der Waals surface area contributed by atoms with Gasteiger partial charge in [0.1, 0.15) is 5.75 Å². The molecule has 1 aromatic heterocycles. The molecule has 10 heteroatoms. The van der Waals surface area contributed by atoms with E-state index in [0.29, 0.717) is 28.9 Å². The molecule has 3 aromatic rings. The van der Waals surface area contributed by atoms with Crippen LogP contribution in [0.4, 0.5) is 0 Å². The predicted molar refractivity (Wildman–Crippen MR) is 145 cm³/mol. The van der Waals surface area contributed by atoms with E-state index in [9.17, 15) is 4.79 Å². The number of aryl methyl sites for hydroxylation is 1. The van der Waals surface area contributed by atoms with Gasteiger partial charge in [0.2, 0.25) is 0 Å². The van der Waals surface area contributed by atoms with E-state index in [1.54, 1.807) is 33.5 Å². The first kappa shape index (κ1) is 26.5. The molecule has 0 unspecified atom stereocenters. The fraction of sp³-hybridized carbons (Fsp3) is 0.407. The summed E-state index contributed by atoms with van der Waals surface area (Å²) in [6.45, 7) is 2.07. The van der Waals surface area contributed by atoms with Crippen LogP contribution in [-0.2, 0) is 4.79 Å². The first-order valence-electron chi connectivity index (χ1n) is 12.3. The summed E-state index contributed by atoms with van der Waals surface area (Å²) >= 11 is 1.37. The second-order valence-corrected chi connectivity index (χ2v) is 9.81. The molecule has 0 aliphatic heterocycles. The zero-order valence-corrected chi connectivity index (χ0v) is 22.5.